The van der Waals surface area contributed by atoms with Crippen LogP contribution in [0.1, 0.15) is 24.5 Å². The summed E-state index contributed by atoms with van der Waals surface area (Å²) in [5, 5.41) is 0. The van der Waals surface area contributed by atoms with Crippen LogP contribution in [-0.4, -0.2) is 8.42 Å². The first-order valence-electron chi connectivity index (χ1n) is 6.82. The van der Waals surface area contributed by atoms with Crippen LogP contribution in [0.2, 0.25) is 0 Å². The quantitative estimate of drug-likeness (QED) is 0.811. The minimum absolute atomic E-state index is 0.256. The zero-order valence-electron chi connectivity index (χ0n) is 11.8. The summed E-state index contributed by atoms with van der Waals surface area (Å²) < 4.78 is 27.4. The fraction of sp³-hybridized carbons (Fsp3) is 0.250. The van der Waals surface area contributed by atoms with Crippen molar-refractivity contribution >= 4 is 27.3 Å². The number of rotatable bonds is 6. The van der Waals surface area contributed by atoms with Crippen molar-refractivity contribution in [3.63, 3.8) is 0 Å². The van der Waals surface area contributed by atoms with E-state index in [4.69, 9.17) is 11.6 Å². The lowest BCUT2D eigenvalue weighted by Crippen LogP contribution is -2.14. The number of para-hydroxylation sites is 1. The van der Waals surface area contributed by atoms with E-state index in [2.05, 4.69) is 11.6 Å². The second-order valence-electron chi connectivity index (χ2n) is 4.79. The lowest BCUT2D eigenvalue weighted by Gasteiger charge is -2.11. The van der Waals surface area contributed by atoms with Crippen LogP contribution in [0.25, 0.3) is 0 Å². The minimum Gasteiger partial charge on any atom is -0.279 e. The van der Waals surface area contributed by atoms with Gasteiger partial charge in [0.1, 0.15) is 0 Å². The van der Waals surface area contributed by atoms with Crippen LogP contribution >= 0.6 is 11.6 Å². The molecule has 0 heterocycles. The molecule has 0 aliphatic heterocycles. The molecule has 0 spiro atoms. The molecule has 0 amide bonds. The van der Waals surface area contributed by atoms with E-state index in [9.17, 15) is 8.42 Å². The highest BCUT2D eigenvalue weighted by Crippen LogP contribution is 2.21. The van der Waals surface area contributed by atoms with Gasteiger partial charge in [0.2, 0.25) is 0 Å². The zero-order chi connectivity index (χ0) is 15.3. The van der Waals surface area contributed by atoms with Gasteiger partial charge in [-0.3, -0.25) is 4.72 Å². The first-order chi connectivity index (χ1) is 10.1. The molecule has 1 N–H and O–H groups in total. The van der Waals surface area contributed by atoms with E-state index in [1.54, 1.807) is 30.3 Å². The van der Waals surface area contributed by atoms with Gasteiger partial charge in [0.25, 0.3) is 10.0 Å². The molecule has 0 unspecified atom stereocenters. The summed E-state index contributed by atoms with van der Waals surface area (Å²) in [6.45, 7) is 2.09. The number of aryl methyl sites for hydroxylation is 1. The summed E-state index contributed by atoms with van der Waals surface area (Å²) in [5.74, 6) is 0.258. The molecule has 0 saturated carbocycles. The van der Waals surface area contributed by atoms with Crippen LogP contribution < -0.4 is 4.72 Å². The topological polar surface area (TPSA) is 46.2 Å². The molecule has 0 saturated heterocycles. The van der Waals surface area contributed by atoms with Gasteiger partial charge in [-0.2, -0.15) is 0 Å². The van der Waals surface area contributed by atoms with Crippen LogP contribution in [0, 0.1) is 0 Å². The van der Waals surface area contributed by atoms with E-state index in [1.807, 2.05) is 18.2 Å². The highest BCUT2D eigenvalue weighted by molar-refractivity contribution is 7.92. The van der Waals surface area contributed by atoms with E-state index >= 15 is 0 Å². The van der Waals surface area contributed by atoms with Gasteiger partial charge in [-0.1, -0.05) is 43.7 Å². The molecular formula is C16H18ClNO2S. The normalized spacial score (nSPS) is 11.3. The van der Waals surface area contributed by atoms with Crippen LogP contribution in [-0.2, 0) is 22.3 Å². The first kappa shape index (κ1) is 15.9. The third kappa shape index (κ3) is 3.99. The summed E-state index contributed by atoms with van der Waals surface area (Å²) in [6.07, 6.45) is 1.98. The lowest BCUT2D eigenvalue weighted by atomic mass is 10.1. The highest BCUT2D eigenvalue weighted by Gasteiger charge is 2.15. The maximum atomic E-state index is 12.4. The van der Waals surface area contributed by atoms with Gasteiger partial charge < -0.3 is 0 Å². The third-order valence-electron chi connectivity index (χ3n) is 3.18. The van der Waals surface area contributed by atoms with Gasteiger partial charge in [-0.05, 0) is 35.7 Å². The van der Waals surface area contributed by atoms with Crippen molar-refractivity contribution in [1.82, 2.24) is 0 Å². The number of sulfonamides is 1. The van der Waals surface area contributed by atoms with Crippen LogP contribution in [0.3, 0.4) is 0 Å². The Labute approximate surface area is 131 Å². The number of halogens is 1. The number of nitrogens with one attached hydrogen (secondary N) is 1. The molecule has 2 aromatic carbocycles. The molecule has 0 fully saturated rings. The fourth-order valence-corrected chi connectivity index (χ4v) is 3.40. The summed E-state index contributed by atoms with van der Waals surface area (Å²) in [7, 11) is -3.59. The molecule has 0 atom stereocenters. The van der Waals surface area contributed by atoms with E-state index in [0.29, 0.717) is 5.69 Å². The number of anilines is 1. The van der Waals surface area contributed by atoms with Gasteiger partial charge in [0.15, 0.2) is 0 Å². The smallest absolute Gasteiger partial charge is 0.261 e. The molecule has 5 heteroatoms. The van der Waals surface area contributed by atoms with E-state index in [-0.39, 0.29) is 10.8 Å². The molecule has 0 aromatic heterocycles. The van der Waals surface area contributed by atoms with Crippen molar-refractivity contribution in [2.45, 2.75) is 30.5 Å². The summed E-state index contributed by atoms with van der Waals surface area (Å²) in [6, 6.07) is 14.1. The monoisotopic (exact) mass is 323 g/mol. The van der Waals surface area contributed by atoms with Crippen LogP contribution in [0.15, 0.2) is 53.4 Å². The average molecular weight is 324 g/mol. The largest absolute Gasteiger partial charge is 0.279 e. The molecule has 21 heavy (non-hydrogen) atoms. The predicted molar refractivity (Wildman–Crippen MR) is 87.2 cm³/mol. The van der Waals surface area contributed by atoms with Crippen molar-refractivity contribution < 1.29 is 8.42 Å². The summed E-state index contributed by atoms with van der Waals surface area (Å²) >= 11 is 5.83. The Morgan fingerprint density at radius 1 is 1.05 bits per heavy atom. The van der Waals surface area contributed by atoms with E-state index in [0.717, 1.165) is 24.0 Å². The Hall–Kier alpha value is -1.52. The van der Waals surface area contributed by atoms with Crippen LogP contribution in [0.5, 0.6) is 0 Å². The number of hydrogen-bond donors (Lipinski definition) is 1. The Morgan fingerprint density at radius 2 is 1.71 bits per heavy atom. The maximum Gasteiger partial charge on any atom is 0.261 e. The molecule has 112 valence electrons. The van der Waals surface area contributed by atoms with Gasteiger partial charge in [0.05, 0.1) is 10.6 Å². The number of benzene rings is 2. The van der Waals surface area contributed by atoms with Crippen LogP contribution in [0.4, 0.5) is 5.69 Å². The van der Waals surface area contributed by atoms with E-state index in [1.165, 1.54) is 0 Å². The Kier molecular flexibility index (Phi) is 5.26. The summed E-state index contributed by atoms with van der Waals surface area (Å²) in [4.78, 5) is 0.256. The fourth-order valence-electron chi connectivity index (χ4n) is 2.06. The molecule has 0 bridgehead atoms. The minimum atomic E-state index is -3.59. The molecule has 0 aliphatic rings. The average Bonchev–Trinajstić information content (AvgIpc) is 2.48. The van der Waals surface area contributed by atoms with Gasteiger partial charge in [-0.15, -0.1) is 11.6 Å². The van der Waals surface area contributed by atoms with Gasteiger partial charge in [-0.25, -0.2) is 8.42 Å². The Balaban J connectivity index is 2.25. The zero-order valence-corrected chi connectivity index (χ0v) is 13.4. The Morgan fingerprint density at radius 3 is 2.33 bits per heavy atom. The standard InChI is InChI=1S/C16H18ClNO2S/c1-2-5-13-8-10-15(11-9-13)21(19,20)18-16-7-4-3-6-14(16)12-17/h3-4,6-11,18H,2,5,12H2,1H3. The lowest BCUT2D eigenvalue weighted by molar-refractivity contribution is 0.601. The first-order valence-corrected chi connectivity index (χ1v) is 8.84. The van der Waals surface area contributed by atoms with Crippen molar-refractivity contribution in [1.29, 1.82) is 0 Å². The van der Waals surface area contributed by atoms with Crippen molar-refractivity contribution in [2.75, 3.05) is 4.72 Å². The van der Waals surface area contributed by atoms with Gasteiger partial charge in [0, 0.05) is 5.88 Å². The molecule has 2 aromatic rings. The summed E-state index contributed by atoms with van der Waals surface area (Å²) in [5.41, 5.74) is 2.41. The third-order valence-corrected chi connectivity index (χ3v) is 4.85. The second kappa shape index (κ2) is 6.96. The van der Waals surface area contributed by atoms with E-state index < -0.39 is 10.0 Å². The van der Waals surface area contributed by atoms with Crippen molar-refractivity contribution in [2.24, 2.45) is 0 Å². The predicted octanol–water partition coefficient (Wildman–Crippen LogP) is 4.18. The van der Waals surface area contributed by atoms with Crippen molar-refractivity contribution in [3.05, 3.63) is 59.7 Å². The maximum absolute atomic E-state index is 12.4. The highest BCUT2D eigenvalue weighted by atomic mass is 35.5. The molecule has 2 rings (SSSR count). The van der Waals surface area contributed by atoms with Gasteiger partial charge >= 0.3 is 0 Å². The molecule has 0 aliphatic carbocycles. The SMILES string of the molecule is CCCc1ccc(S(=O)(=O)Nc2ccccc2CCl)cc1. The number of alkyl halides is 1. The molecular weight excluding hydrogens is 306 g/mol. The Bertz CT molecular complexity index is 696. The molecule has 3 nitrogen and oxygen atoms in total. The second-order valence-corrected chi connectivity index (χ2v) is 6.74. The van der Waals surface area contributed by atoms with Crippen molar-refractivity contribution in [3.8, 4) is 0 Å². The number of hydrogen-bond acceptors (Lipinski definition) is 2. The molecule has 0 radical (unpaired) electrons.